The molecule has 0 unspecified atom stereocenters. The molecule has 0 bridgehead atoms. The molecule has 1 spiro atoms. The first-order valence-corrected chi connectivity index (χ1v) is 27.0. The third kappa shape index (κ3) is 10.7. The molecule has 4 aromatic carbocycles. The second kappa shape index (κ2) is 20.2. The summed E-state index contributed by atoms with van der Waals surface area (Å²) in [6.45, 7) is 12.2. The van der Waals surface area contributed by atoms with E-state index < -0.39 is 37.0 Å². The number of H-pyrrole nitrogens is 1. The van der Waals surface area contributed by atoms with Crippen LogP contribution in [0.4, 0.5) is 17.1 Å². The molecule has 6 aromatic rings. The number of aliphatic hydroxyl groups is 1. The van der Waals surface area contributed by atoms with E-state index in [1.165, 1.54) is 35.0 Å². The van der Waals surface area contributed by atoms with Crippen LogP contribution in [0.15, 0.2) is 108 Å². The number of carbonyl (C=O) groups is 1. The molecule has 1 atom stereocenters. The first kappa shape index (κ1) is 50.3. The molecule has 16 nitrogen and oxygen atoms in total. The highest BCUT2D eigenvalue weighted by atomic mass is 35.5. The number of halogens is 1. The van der Waals surface area contributed by atoms with Gasteiger partial charge >= 0.3 is 0 Å². The topological polar surface area (TPSA) is 195 Å². The third-order valence-corrected chi connectivity index (χ3v) is 17.3. The van der Waals surface area contributed by atoms with Crippen LogP contribution >= 0.6 is 11.6 Å². The van der Waals surface area contributed by atoms with Gasteiger partial charge in [0.25, 0.3) is 21.6 Å². The number of fused-ring (bicyclic) bond motifs is 1. The van der Waals surface area contributed by atoms with Crippen molar-refractivity contribution >= 4 is 55.6 Å². The zero-order valence-electron chi connectivity index (χ0n) is 41.6. The van der Waals surface area contributed by atoms with Gasteiger partial charge in [-0.25, -0.2) is 18.1 Å². The predicted octanol–water partition coefficient (Wildman–Crippen LogP) is 10.0. The molecule has 73 heavy (non-hydrogen) atoms. The second-order valence-electron chi connectivity index (χ2n) is 21.2. The van der Waals surface area contributed by atoms with E-state index in [0.29, 0.717) is 47.4 Å². The number of rotatable bonds is 16. The molecule has 384 valence electrons. The molecule has 4 heterocycles. The summed E-state index contributed by atoms with van der Waals surface area (Å²) in [5.41, 5.74) is 4.48. The van der Waals surface area contributed by atoms with Crippen molar-refractivity contribution in [1.82, 2.24) is 24.5 Å². The van der Waals surface area contributed by atoms with E-state index in [9.17, 15) is 28.4 Å². The van der Waals surface area contributed by atoms with Crippen molar-refractivity contribution in [3.05, 3.63) is 141 Å². The molecule has 2 aliphatic carbocycles. The summed E-state index contributed by atoms with van der Waals surface area (Å²) in [5, 5.41) is 26.7. The number of nitrogens with one attached hydrogen (secondary N) is 3. The van der Waals surface area contributed by atoms with Crippen LogP contribution in [-0.4, -0.2) is 102 Å². The van der Waals surface area contributed by atoms with Crippen LogP contribution in [0.3, 0.4) is 0 Å². The summed E-state index contributed by atoms with van der Waals surface area (Å²) in [6.07, 6.45) is 8.00. The molecule has 4 aliphatic rings. The Morgan fingerprint density at radius 2 is 1.75 bits per heavy atom. The fraction of sp³-hybridized carbons (Fsp3) is 0.418. The van der Waals surface area contributed by atoms with Crippen LogP contribution in [0, 0.1) is 21.4 Å². The summed E-state index contributed by atoms with van der Waals surface area (Å²) < 4.78 is 41.6. The first-order chi connectivity index (χ1) is 34.9. The van der Waals surface area contributed by atoms with Gasteiger partial charge in [0, 0.05) is 92.7 Å². The Bertz CT molecular complexity index is 3120. The van der Waals surface area contributed by atoms with Crippen LogP contribution in [0.25, 0.3) is 11.0 Å². The van der Waals surface area contributed by atoms with Gasteiger partial charge in [0.15, 0.2) is 0 Å². The number of benzene rings is 4. The average molecular weight is 1030 g/mol. The average Bonchev–Trinajstić information content (AvgIpc) is 3.72. The summed E-state index contributed by atoms with van der Waals surface area (Å²) in [5.74, 6) is 0.838. The summed E-state index contributed by atoms with van der Waals surface area (Å²) >= 11 is 6.44. The van der Waals surface area contributed by atoms with Crippen LogP contribution in [-0.2, 0) is 16.6 Å². The molecular weight excluding hydrogens is 968 g/mol. The van der Waals surface area contributed by atoms with Gasteiger partial charge in [-0.05, 0) is 116 Å². The quantitative estimate of drug-likeness (QED) is 0.0529. The number of pyridine rings is 1. The number of hydrogen-bond acceptors (Lipinski definition) is 13. The van der Waals surface area contributed by atoms with Crippen molar-refractivity contribution in [3.8, 4) is 17.2 Å². The number of hydrogen-bond donors (Lipinski definition) is 4. The molecular formula is C55H63ClN8O8S. The highest BCUT2D eigenvalue weighted by Gasteiger charge is 2.55. The smallest absolute Gasteiger partial charge is 0.293 e. The van der Waals surface area contributed by atoms with Gasteiger partial charge in [-0.15, -0.1) is 0 Å². The molecule has 4 fully saturated rings. The SMILES string of the molecule is COc1ccc(CN2CCN(C3CC4(C3)CN(c3ccc(C(=O)NS(=O)(=O)c5ccc(NCC6CCC(C)(O)CC6)c([N+](=O)[O-])c5)c(Oc5cnc6[nH]cc(Cl)c6c5)c3)C4)[C@H](c3ccccc3C(C)C)C2)cc1. The van der Waals surface area contributed by atoms with Gasteiger partial charge in [-0.1, -0.05) is 61.8 Å². The number of carbonyl (C=O) groups excluding carboxylic acids is 1. The van der Waals surface area contributed by atoms with Crippen molar-refractivity contribution in [3.63, 3.8) is 0 Å². The fourth-order valence-corrected chi connectivity index (χ4v) is 12.7. The van der Waals surface area contributed by atoms with E-state index in [0.717, 1.165) is 82.5 Å². The lowest BCUT2D eigenvalue weighted by Gasteiger charge is -2.63. The fourth-order valence-electron chi connectivity index (χ4n) is 11.5. The maximum absolute atomic E-state index is 14.1. The maximum Gasteiger partial charge on any atom is 0.293 e. The zero-order valence-corrected chi connectivity index (χ0v) is 43.2. The highest BCUT2D eigenvalue weighted by molar-refractivity contribution is 7.90. The summed E-state index contributed by atoms with van der Waals surface area (Å²) in [6, 6.07) is 28.3. The number of methoxy groups -OCH3 is 1. The van der Waals surface area contributed by atoms with Gasteiger partial charge in [-0.2, -0.15) is 0 Å². The molecule has 2 saturated carbocycles. The number of amides is 1. The zero-order chi connectivity index (χ0) is 51.2. The summed E-state index contributed by atoms with van der Waals surface area (Å²) in [4.78, 5) is 40.3. The largest absolute Gasteiger partial charge is 0.497 e. The van der Waals surface area contributed by atoms with E-state index in [-0.39, 0.29) is 40.1 Å². The predicted molar refractivity (Wildman–Crippen MR) is 282 cm³/mol. The minimum atomic E-state index is -4.61. The van der Waals surface area contributed by atoms with Crippen LogP contribution in [0.1, 0.15) is 98.3 Å². The Morgan fingerprint density at radius 3 is 2.48 bits per heavy atom. The van der Waals surface area contributed by atoms with Crippen LogP contribution in [0.2, 0.25) is 5.02 Å². The van der Waals surface area contributed by atoms with Crippen LogP contribution in [0.5, 0.6) is 17.2 Å². The van der Waals surface area contributed by atoms with E-state index in [4.69, 9.17) is 21.1 Å². The maximum atomic E-state index is 14.1. The Kier molecular flexibility index (Phi) is 13.9. The van der Waals surface area contributed by atoms with E-state index >= 15 is 0 Å². The monoisotopic (exact) mass is 1030 g/mol. The van der Waals surface area contributed by atoms with Crippen LogP contribution < -0.4 is 24.4 Å². The van der Waals surface area contributed by atoms with Gasteiger partial charge in [0.05, 0.1) is 39.3 Å². The molecule has 1 amide bonds. The van der Waals surface area contributed by atoms with Crippen molar-refractivity contribution in [2.24, 2.45) is 11.3 Å². The number of nitro groups is 1. The minimum absolute atomic E-state index is 0.0652. The molecule has 2 aliphatic heterocycles. The molecule has 10 rings (SSSR count). The minimum Gasteiger partial charge on any atom is -0.497 e. The third-order valence-electron chi connectivity index (χ3n) is 15.6. The first-order valence-electron chi connectivity index (χ1n) is 25.2. The number of aromatic amines is 1. The Balaban J connectivity index is 0.847. The van der Waals surface area contributed by atoms with Gasteiger partial charge in [0.2, 0.25) is 0 Å². The van der Waals surface area contributed by atoms with E-state index in [1.54, 1.807) is 37.6 Å². The lowest BCUT2D eigenvalue weighted by molar-refractivity contribution is -0.384. The van der Waals surface area contributed by atoms with Crippen molar-refractivity contribution in [1.29, 1.82) is 0 Å². The number of sulfonamides is 1. The lowest BCUT2D eigenvalue weighted by Crippen LogP contribution is -2.68. The van der Waals surface area contributed by atoms with Gasteiger partial charge < -0.3 is 29.8 Å². The van der Waals surface area contributed by atoms with E-state index in [2.05, 4.69) is 85.0 Å². The van der Waals surface area contributed by atoms with E-state index in [1.807, 2.05) is 19.1 Å². The second-order valence-corrected chi connectivity index (χ2v) is 23.3. The summed E-state index contributed by atoms with van der Waals surface area (Å²) in [7, 11) is -2.92. The molecule has 2 aromatic heterocycles. The molecule has 2 saturated heterocycles. The number of piperazine rings is 1. The van der Waals surface area contributed by atoms with Gasteiger partial charge in [0.1, 0.15) is 28.6 Å². The highest BCUT2D eigenvalue weighted by Crippen LogP contribution is 2.54. The number of anilines is 2. The molecule has 18 heteroatoms. The molecule has 0 radical (unpaired) electrons. The standard InChI is InChI=1S/C55H63ClN8O8S/c1-35(2)43-7-5-6-8-44(43)50-32-61(31-37-9-12-40(71-4)13-10-37)21-22-63(50)39-26-55(27-39)33-62(34-55)38-11-15-45(51(23-38)72-41-24-46-47(56)30-59-52(46)58-29-41)53(65)60-73(69,70)42-14-16-48(49(25-42)64(67)68)57-28-36-17-19-54(3,66)20-18-36/h5-16,23-25,29-30,35-36,39,50,57,66H,17-22,26-28,31-34H2,1-4H3,(H,58,59)(H,60,65)/t36?,50-,54?/m0/s1. The molecule has 4 N–H and O–H groups in total. The Morgan fingerprint density at radius 1 is 1.00 bits per heavy atom. The number of ether oxygens (including phenoxy) is 2. The van der Waals surface area contributed by atoms with Crippen molar-refractivity contribution in [2.75, 3.05) is 56.6 Å². The van der Waals surface area contributed by atoms with Crippen molar-refractivity contribution in [2.45, 2.75) is 94.3 Å². The Hall–Kier alpha value is -6.24. The van der Waals surface area contributed by atoms with Gasteiger partial charge in [-0.3, -0.25) is 24.7 Å². The number of aromatic nitrogens is 2. The number of nitrogens with zero attached hydrogens (tertiary/aromatic N) is 5. The number of nitro benzene ring substituents is 1. The Labute approximate surface area is 431 Å². The lowest BCUT2D eigenvalue weighted by atomic mass is 9.59. The normalized spacial score (nSPS) is 21.4. The van der Waals surface area contributed by atoms with Crippen molar-refractivity contribution < 1.29 is 32.7 Å².